The second-order valence-electron chi connectivity index (χ2n) is 2.95. The molecule has 0 radical (unpaired) electrons. The number of hydrogen-bond donors (Lipinski definition) is 1. The number of nitrogens with zero attached hydrogens (tertiary/aromatic N) is 1. The molecule has 0 saturated carbocycles. The van der Waals surface area contributed by atoms with E-state index < -0.39 is 6.04 Å². The second kappa shape index (κ2) is 5.34. The predicted octanol–water partition coefficient (Wildman–Crippen LogP) is 2.18. The molecule has 1 N–H and O–H groups in total. The summed E-state index contributed by atoms with van der Waals surface area (Å²) < 4.78 is 4.90. The summed E-state index contributed by atoms with van der Waals surface area (Å²) in [5, 5.41) is 6.01. The molecule has 0 amide bonds. The Balaban J connectivity index is 2.78. The molecule has 0 bridgehead atoms. The molecule has 0 aromatic heterocycles. The molecule has 0 aliphatic rings. The van der Waals surface area contributed by atoms with Crippen LogP contribution in [0.1, 0.15) is 11.6 Å². The third-order valence-corrected chi connectivity index (χ3v) is 2.04. The zero-order valence-electron chi connectivity index (χ0n) is 8.36. The highest BCUT2D eigenvalue weighted by Crippen LogP contribution is 2.19. The van der Waals surface area contributed by atoms with Gasteiger partial charge in [-0.15, -0.1) is 0 Å². The fourth-order valence-corrected chi connectivity index (χ4v) is 1.22. The van der Waals surface area contributed by atoms with Gasteiger partial charge in [0.15, 0.2) is 0 Å². The lowest BCUT2D eigenvalue weighted by molar-refractivity contribution is 0.181. The van der Waals surface area contributed by atoms with Gasteiger partial charge in [-0.1, -0.05) is 17.3 Å². The number of methoxy groups -OCH3 is 1. The summed E-state index contributed by atoms with van der Waals surface area (Å²) in [7, 11) is 3.40. The quantitative estimate of drug-likeness (QED) is 0.731. The van der Waals surface area contributed by atoms with Gasteiger partial charge in [0, 0.05) is 19.8 Å². The van der Waals surface area contributed by atoms with Crippen LogP contribution in [0.25, 0.3) is 0 Å². The van der Waals surface area contributed by atoms with Crippen LogP contribution in [-0.2, 0) is 4.74 Å². The molecule has 4 heteroatoms. The predicted molar refractivity (Wildman–Crippen MR) is 56.4 cm³/mol. The van der Waals surface area contributed by atoms with Gasteiger partial charge >= 0.3 is 0 Å². The number of benzene rings is 1. The first-order valence-electron chi connectivity index (χ1n) is 4.41. The molecule has 1 aromatic rings. The van der Waals surface area contributed by atoms with E-state index in [-0.39, 0.29) is 0 Å². The summed E-state index contributed by atoms with van der Waals surface area (Å²) in [6.07, 6.45) is 0. The first kappa shape index (κ1) is 10.7. The third-order valence-electron chi connectivity index (χ3n) is 2.04. The van der Waals surface area contributed by atoms with Gasteiger partial charge in [0.2, 0.25) is 0 Å². The SMILES string of the molecule is CNc1ccc(C(COC)N=O)cc1. The first-order valence-corrected chi connectivity index (χ1v) is 4.41. The van der Waals surface area contributed by atoms with Crippen LogP contribution < -0.4 is 5.32 Å². The van der Waals surface area contributed by atoms with E-state index in [4.69, 9.17) is 4.74 Å². The minimum Gasteiger partial charge on any atom is -0.388 e. The van der Waals surface area contributed by atoms with E-state index in [1.807, 2.05) is 31.3 Å². The highest BCUT2D eigenvalue weighted by atomic mass is 16.5. The van der Waals surface area contributed by atoms with Crippen molar-refractivity contribution in [3.05, 3.63) is 34.7 Å². The van der Waals surface area contributed by atoms with Crippen LogP contribution in [0.3, 0.4) is 0 Å². The third kappa shape index (κ3) is 2.53. The Morgan fingerprint density at radius 1 is 1.43 bits per heavy atom. The maximum atomic E-state index is 10.5. The van der Waals surface area contributed by atoms with Crippen LogP contribution in [0, 0.1) is 4.91 Å². The molecule has 0 aliphatic carbocycles. The fourth-order valence-electron chi connectivity index (χ4n) is 1.22. The van der Waals surface area contributed by atoms with E-state index in [1.54, 1.807) is 7.11 Å². The summed E-state index contributed by atoms with van der Waals surface area (Å²) in [5.74, 6) is 0. The summed E-state index contributed by atoms with van der Waals surface area (Å²) >= 11 is 0. The van der Waals surface area contributed by atoms with Gasteiger partial charge in [0.1, 0.15) is 6.04 Å². The van der Waals surface area contributed by atoms with Crippen LogP contribution in [0.4, 0.5) is 5.69 Å². The number of rotatable bonds is 5. The van der Waals surface area contributed by atoms with Gasteiger partial charge in [0.25, 0.3) is 0 Å². The summed E-state index contributed by atoms with van der Waals surface area (Å²) in [4.78, 5) is 10.5. The molecule has 4 nitrogen and oxygen atoms in total. The van der Waals surface area contributed by atoms with Gasteiger partial charge in [-0.2, -0.15) is 4.91 Å². The second-order valence-corrected chi connectivity index (χ2v) is 2.95. The van der Waals surface area contributed by atoms with Crippen LogP contribution in [0.15, 0.2) is 29.4 Å². The monoisotopic (exact) mass is 194 g/mol. The van der Waals surface area contributed by atoms with Crippen molar-refractivity contribution in [2.45, 2.75) is 6.04 Å². The molecule has 1 unspecified atom stereocenters. The lowest BCUT2D eigenvalue weighted by Crippen LogP contribution is -2.02. The van der Waals surface area contributed by atoms with Crippen molar-refractivity contribution in [3.8, 4) is 0 Å². The van der Waals surface area contributed by atoms with E-state index in [2.05, 4.69) is 10.5 Å². The number of ether oxygens (including phenoxy) is 1. The van der Waals surface area contributed by atoms with E-state index in [1.165, 1.54) is 0 Å². The van der Waals surface area contributed by atoms with Gasteiger partial charge in [-0.05, 0) is 17.7 Å². The van der Waals surface area contributed by atoms with Crippen molar-refractivity contribution in [1.82, 2.24) is 0 Å². The summed E-state index contributed by atoms with van der Waals surface area (Å²) in [5.41, 5.74) is 1.89. The van der Waals surface area contributed by atoms with Crippen LogP contribution in [0.2, 0.25) is 0 Å². The highest BCUT2D eigenvalue weighted by molar-refractivity contribution is 5.44. The number of nitrogens with one attached hydrogen (secondary N) is 1. The standard InChI is InChI=1S/C10H14N2O2/c1-11-9-5-3-8(4-6-9)10(12-13)7-14-2/h3-6,10-11H,7H2,1-2H3. The molecular formula is C10H14N2O2. The normalized spacial score (nSPS) is 12.1. The van der Waals surface area contributed by atoms with E-state index in [0.29, 0.717) is 6.61 Å². The highest BCUT2D eigenvalue weighted by Gasteiger charge is 2.10. The molecule has 1 atom stereocenters. The zero-order valence-corrected chi connectivity index (χ0v) is 8.36. The van der Waals surface area contributed by atoms with Gasteiger partial charge < -0.3 is 10.1 Å². The average molecular weight is 194 g/mol. The Morgan fingerprint density at radius 3 is 2.50 bits per heavy atom. The molecule has 0 aliphatic heterocycles. The Bertz CT molecular complexity index is 285. The van der Waals surface area contributed by atoms with Crippen molar-refractivity contribution in [2.24, 2.45) is 5.18 Å². The maximum absolute atomic E-state index is 10.5. The molecule has 0 heterocycles. The molecule has 1 rings (SSSR count). The van der Waals surface area contributed by atoms with Crippen molar-refractivity contribution in [2.75, 3.05) is 26.1 Å². The van der Waals surface area contributed by atoms with Crippen LogP contribution in [-0.4, -0.2) is 20.8 Å². The zero-order chi connectivity index (χ0) is 10.4. The molecule has 0 saturated heterocycles. The minimum atomic E-state index is -0.411. The van der Waals surface area contributed by atoms with Gasteiger partial charge in [-0.3, -0.25) is 0 Å². The summed E-state index contributed by atoms with van der Waals surface area (Å²) in [6.45, 7) is 0.322. The Kier molecular flexibility index (Phi) is 4.07. The lowest BCUT2D eigenvalue weighted by atomic mass is 10.1. The van der Waals surface area contributed by atoms with Crippen molar-refractivity contribution >= 4 is 5.69 Å². The van der Waals surface area contributed by atoms with Gasteiger partial charge in [-0.25, -0.2) is 0 Å². The largest absolute Gasteiger partial charge is 0.388 e. The molecule has 76 valence electrons. The van der Waals surface area contributed by atoms with Crippen LogP contribution >= 0.6 is 0 Å². The topological polar surface area (TPSA) is 50.7 Å². The van der Waals surface area contributed by atoms with E-state index in [9.17, 15) is 4.91 Å². The summed E-state index contributed by atoms with van der Waals surface area (Å²) in [6, 6.07) is 7.14. The van der Waals surface area contributed by atoms with Crippen molar-refractivity contribution in [3.63, 3.8) is 0 Å². The molecule has 0 spiro atoms. The van der Waals surface area contributed by atoms with Crippen molar-refractivity contribution in [1.29, 1.82) is 0 Å². The molecular weight excluding hydrogens is 180 g/mol. The van der Waals surface area contributed by atoms with E-state index in [0.717, 1.165) is 11.3 Å². The molecule has 0 fully saturated rings. The minimum absolute atomic E-state index is 0.322. The smallest absolute Gasteiger partial charge is 0.140 e. The Morgan fingerprint density at radius 2 is 2.07 bits per heavy atom. The van der Waals surface area contributed by atoms with Gasteiger partial charge in [0.05, 0.1) is 6.61 Å². The Labute approximate surface area is 83.2 Å². The average Bonchev–Trinajstić information content (AvgIpc) is 2.26. The molecule has 14 heavy (non-hydrogen) atoms. The first-order chi connectivity index (χ1) is 6.81. The van der Waals surface area contributed by atoms with E-state index >= 15 is 0 Å². The Hall–Kier alpha value is -1.42. The van der Waals surface area contributed by atoms with Crippen molar-refractivity contribution < 1.29 is 4.74 Å². The number of anilines is 1. The maximum Gasteiger partial charge on any atom is 0.140 e. The lowest BCUT2D eigenvalue weighted by Gasteiger charge is -2.08. The molecule has 1 aromatic carbocycles. The number of hydrogen-bond acceptors (Lipinski definition) is 4. The number of nitroso groups, excluding NO2 is 1. The fraction of sp³-hybridized carbons (Fsp3) is 0.400. The van der Waals surface area contributed by atoms with Crippen LogP contribution in [0.5, 0.6) is 0 Å².